The SMILES string of the molecule is CNCCc1c(F)c2c(c(OCc3ccccc3)c1NCC(C)C)C(O)=C1C(=O)[C@]3(O[Si](C)(C)C(C)(C)C)C(=O)c4c(OCc5ccccc5)noc4[C@@H](N(C)C)[C@@H]3C[C@@H]1C2. The van der Waals surface area contributed by atoms with E-state index in [2.05, 4.69) is 50.4 Å². The molecule has 7 rings (SSSR count). The number of ether oxygens (including phenoxy) is 2. The third-order valence-corrected chi connectivity index (χ3v) is 17.5. The maximum absolute atomic E-state index is 17.4. The molecule has 0 bridgehead atoms. The number of anilines is 1. The molecule has 11 nitrogen and oxygen atoms in total. The monoisotopic (exact) mass is 852 g/mol. The molecular weight excluding hydrogens is 792 g/mol. The Labute approximate surface area is 360 Å². The van der Waals surface area contributed by atoms with Crippen molar-refractivity contribution in [3.63, 3.8) is 0 Å². The van der Waals surface area contributed by atoms with E-state index in [0.717, 1.165) is 11.1 Å². The number of halogens is 1. The van der Waals surface area contributed by atoms with Crippen LogP contribution in [-0.2, 0) is 35.3 Å². The van der Waals surface area contributed by atoms with E-state index >= 15 is 14.0 Å². The molecule has 3 N–H and O–H groups in total. The molecule has 13 heteroatoms. The topological polar surface area (TPSA) is 135 Å². The van der Waals surface area contributed by atoms with Crippen LogP contribution in [0.2, 0.25) is 18.1 Å². The smallest absolute Gasteiger partial charge is 0.265 e. The predicted molar refractivity (Wildman–Crippen MR) is 237 cm³/mol. The van der Waals surface area contributed by atoms with Crippen LogP contribution in [0.1, 0.15) is 91.0 Å². The average molecular weight is 853 g/mol. The van der Waals surface area contributed by atoms with E-state index in [1.54, 1.807) is 0 Å². The Hall–Kier alpha value is -4.82. The number of hydrogen-bond donors (Lipinski definition) is 3. The standard InChI is InChI=1S/C48H61FN4O7Si/c1-28(2)25-51-39-32(21-22-50-6)38(49)33-23-31-24-34-40(53(7)8)43-37(46(52-59-43)58-27-30-19-15-12-16-20-30)45(56)48(34,60-61(9,10)47(3,4)5)44(55)35(31)41(54)36(33)42(39)57-26-29-17-13-11-14-18-29/h11-20,28,31,34,40,50-51,54H,21-27H2,1-10H3/t31-,34-,40-,48-/m0/s1. The van der Waals surface area contributed by atoms with Gasteiger partial charge >= 0.3 is 0 Å². The number of fused-ring (bicyclic) bond motifs is 4. The molecule has 1 aromatic heterocycles. The van der Waals surface area contributed by atoms with E-state index in [9.17, 15) is 5.11 Å². The van der Waals surface area contributed by atoms with Gasteiger partial charge in [-0.05, 0) is 93.2 Å². The van der Waals surface area contributed by atoms with Gasteiger partial charge in [0.25, 0.3) is 5.88 Å². The number of carbonyl (C=O) groups excluding carboxylic acids is 2. The van der Waals surface area contributed by atoms with Gasteiger partial charge in [0, 0.05) is 29.2 Å². The summed E-state index contributed by atoms with van der Waals surface area (Å²) < 4.78 is 43.6. The van der Waals surface area contributed by atoms with Crippen molar-refractivity contribution in [2.75, 3.05) is 39.5 Å². The largest absolute Gasteiger partial charge is 0.507 e. The summed E-state index contributed by atoms with van der Waals surface area (Å²) >= 11 is 0. The molecule has 1 heterocycles. The summed E-state index contributed by atoms with van der Waals surface area (Å²) in [4.78, 5) is 33.6. The second-order valence-electron chi connectivity index (χ2n) is 18.9. The normalized spacial score (nSPS) is 21.3. The molecule has 3 aliphatic carbocycles. The average Bonchev–Trinajstić information content (AvgIpc) is 3.63. The number of likely N-dealkylation sites (N-methyl/N-ethyl adjacent to an activating group) is 1. The molecule has 1 fully saturated rings. The lowest BCUT2D eigenvalue weighted by atomic mass is 9.57. The van der Waals surface area contributed by atoms with Gasteiger partial charge in [-0.1, -0.05) is 95.3 Å². The summed E-state index contributed by atoms with van der Waals surface area (Å²) in [6.07, 6.45) is 0.665. The van der Waals surface area contributed by atoms with Gasteiger partial charge in [0.05, 0.1) is 17.3 Å². The third kappa shape index (κ3) is 7.94. The summed E-state index contributed by atoms with van der Waals surface area (Å²) in [5.41, 5.74) is 1.03. The lowest BCUT2D eigenvalue weighted by Gasteiger charge is -2.55. The highest BCUT2D eigenvalue weighted by Crippen LogP contribution is 2.60. The number of rotatable bonds is 15. The molecule has 0 unspecified atom stereocenters. The summed E-state index contributed by atoms with van der Waals surface area (Å²) in [5.74, 6) is -2.79. The highest BCUT2D eigenvalue weighted by atomic mass is 28.4. The minimum Gasteiger partial charge on any atom is -0.507 e. The number of hydrogen-bond acceptors (Lipinski definition) is 11. The number of benzene rings is 3. The van der Waals surface area contributed by atoms with Crippen molar-refractivity contribution >= 4 is 31.3 Å². The Morgan fingerprint density at radius 1 is 0.984 bits per heavy atom. The van der Waals surface area contributed by atoms with E-state index in [1.807, 2.05) is 99.8 Å². The number of carbonyl (C=O) groups is 2. The van der Waals surface area contributed by atoms with Gasteiger partial charge < -0.3 is 34.2 Å². The quantitative estimate of drug-likeness (QED) is 0.0781. The van der Waals surface area contributed by atoms with Gasteiger partial charge in [-0.2, -0.15) is 0 Å². The van der Waals surface area contributed by atoms with E-state index < -0.39 is 60.0 Å². The summed E-state index contributed by atoms with van der Waals surface area (Å²) in [7, 11) is 2.58. The van der Waals surface area contributed by atoms with E-state index in [4.69, 9.17) is 18.4 Å². The number of aliphatic hydroxyl groups is 1. The highest BCUT2D eigenvalue weighted by Gasteiger charge is 2.69. The van der Waals surface area contributed by atoms with Crippen LogP contribution >= 0.6 is 0 Å². The number of nitrogens with one attached hydrogen (secondary N) is 2. The van der Waals surface area contributed by atoms with Crippen molar-refractivity contribution in [2.24, 2.45) is 17.8 Å². The lowest BCUT2D eigenvalue weighted by molar-refractivity contribution is -0.140. The molecule has 0 spiro atoms. The second kappa shape index (κ2) is 17.1. The zero-order chi connectivity index (χ0) is 44.0. The van der Waals surface area contributed by atoms with Crippen molar-refractivity contribution in [1.82, 2.24) is 15.4 Å². The van der Waals surface area contributed by atoms with Crippen LogP contribution in [-0.4, -0.2) is 74.9 Å². The first-order chi connectivity index (χ1) is 28.9. The lowest BCUT2D eigenvalue weighted by Crippen LogP contribution is -2.68. The van der Waals surface area contributed by atoms with Crippen LogP contribution in [0.25, 0.3) is 5.76 Å². The number of aliphatic hydroxyl groups excluding tert-OH is 1. The third-order valence-electron chi connectivity index (χ3n) is 13.0. The van der Waals surface area contributed by atoms with Gasteiger partial charge in [0.15, 0.2) is 25.4 Å². The molecule has 0 radical (unpaired) electrons. The number of ketones is 2. The summed E-state index contributed by atoms with van der Waals surface area (Å²) in [5, 5.41) is 23.3. The van der Waals surface area contributed by atoms with Crippen molar-refractivity contribution in [1.29, 1.82) is 0 Å². The van der Waals surface area contributed by atoms with Crippen LogP contribution < -0.4 is 20.1 Å². The van der Waals surface area contributed by atoms with Gasteiger partial charge in [0.2, 0.25) is 11.6 Å². The fraction of sp³-hybridized carbons (Fsp3) is 0.479. The molecule has 0 saturated heterocycles. The predicted octanol–water partition coefficient (Wildman–Crippen LogP) is 9.09. The molecule has 4 aromatic rings. The van der Waals surface area contributed by atoms with Gasteiger partial charge in [-0.3, -0.25) is 14.5 Å². The minimum atomic E-state index is -2.98. The first-order valence-electron chi connectivity index (χ1n) is 21.4. The maximum Gasteiger partial charge on any atom is 0.265 e. The Kier molecular flexibility index (Phi) is 12.4. The Bertz CT molecular complexity index is 2300. The number of Topliss-reactive ketones (excluding diaryl/α,β-unsaturated/α-hetero) is 2. The zero-order valence-electron chi connectivity index (χ0n) is 37.2. The molecule has 61 heavy (non-hydrogen) atoms. The summed E-state index contributed by atoms with van der Waals surface area (Å²) in [6.45, 7) is 15.6. The van der Waals surface area contributed by atoms with Gasteiger partial charge in [-0.25, -0.2) is 4.39 Å². The Morgan fingerprint density at radius 3 is 2.18 bits per heavy atom. The van der Waals surface area contributed by atoms with Crippen LogP contribution in [0.4, 0.5) is 10.1 Å². The molecule has 0 amide bonds. The van der Waals surface area contributed by atoms with E-state index in [-0.39, 0.29) is 71.6 Å². The molecule has 3 aromatic carbocycles. The molecule has 0 aliphatic heterocycles. The first kappa shape index (κ1) is 44.2. The van der Waals surface area contributed by atoms with Crippen LogP contribution in [0.3, 0.4) is 0 Å². The van der Waals surface area contributed by atoms with Crippen molar-refractivity contribution in [3.8, 4) is 11.6 Å². The number of nitrogens with zero attached hydrogens (tertiary/aromatic N) is 2. The molecule has 326 valence electrons. The molecular formula is C48H61FN4O7Si. The number of aromatic nitrogens is 1. The first-order valence-corrected chi connectivity index (χ1v) is 24.3. The summed E-state index contributed by atoms with van der Waals surface area (Å²) in [6, 6.07) is 18.5. The van der Waals surface area contributed by atoms with Crippen molar-refractivity contribution in [3.05, 3.63) is 111 Å². The highest BCUT2D eigenvalue weighted by molar-refractivity contribution is 6.74. The van der Waals surface area contributed by atoms with Gasteiger partial charge in [0.1, 0.15) is 30.4 Å². The zero-order valence-corrected chi connectivity index (χ0v) is 38.2. The van der Waals surface area contributed by atoms with E-state index in [1.165, 1.54) is 0 Å². The van der Waals surface area contributed by atoms with Crippen LogP contribution in [0.15, 0.2) is 70.8 Å². The maximum atomic E-state index is 17.4. The van der Waals surface area contributed by atoms with Crippen molar-refractivity contribution < 1.29 is 37.5 Å². The van der Waals surface area contributed by atoms with Gasteiger partial charge in [-0.15, -0.1) is 0 Å². The fourth-order valence-electron chi connectivity index (χ4n) is 8.94. The van der Waals surface area contributed by atoms with Crippen LogP contribution in [0.5, 0.6) is 11.6 Å². The Balaban J connectivity index is 1.46. The van der Waals surface area contributed by atoms with Crippen LogP contribution in [0, 0.1) is 23.6 Å². The second-order valence-corrected chi connectivity index (χ2v) is 23.6. The van der Waals surface area contributed by atoms with Crippen molar-refractivity contribution in [2.45, 2.75) is 96.9 Å². The molecule has 1 saturated carbocycles. The fourth-order valence-corrected chi connectivity index (χ4v) is 10.4. The molecule has 4 atom stereocenters. The minimum absolute atomic E-state index is 0.0249. The molecule has 3 aliphatic rings. The van der Waals surface area contributed by atoms with E-state index in [0.29, 0.717) is 30.8 Å². The Morgan fingerprint density at radius 2 is 1.61 bits per heavy atom.